The fraction of sp³-hybridized carbons (Fsp3) is 0.130. The largest absolute Gasteiger partial charge is 0.356 e. The molecule has 4 aromatic rings. The fourth-order valence-corrected chi connectivity index (χ4v) is 3.19. The Morgan fingerprint density at radius 2 is 1.75 bits per heavy atom. The molecule has 4 rings (SSSR count). The van der Waals surface area contributed by atoms with Gasteiger partial charge in [0.2, 0.25) is 0 Å². The van der Waals surface area contributed by atoms with Gasteiger partial charge in [-0.2, -0.15) is 0 Å². The van der Waals surface area contributed by atoms with Gasteiger partial charge in [-0.25, -0.2) is 8.78 Å². The minimum absolute atomic E-state index is 0.113. The van der Waals surface area contributed by atoms with Crippen molar-refractivity contribution in [3.8, 4) is 22.6 Å². The van der Waals surface area contributed by atoms with E-state index in [1.54, 1.807) is 12.4 Å². The molecular formula is C23H18F2N2O. The average molecular weight is 376 g/mol. The van der Waals surface area contributed by atoms with Crippen LogP contribution in [0.1, 0.15) is 16.7 Å². The lowest BCUT2D eigenvalue weighted by Gasteiger charge is -2.09. The highest BCUT2D eigenvalue weighted by atomic mass is 19.1. The summed E-state index contributed by atoms with van der Waals surface area (Å²) in [5, 5.41) is 3.75. The molecule has 0 atom stereocenters. The lowest BCUT2D eigenvalue weighted by Crippen LogP contribution is -1.99. The van der Waals surface area contributed by atoms with Crippen LogP contribution in [0.4, 0.5) is 8.78 Å². The van der Waals surface area contributed by atoms with E-state index in [9.17, 15) is 8.78 Å². The third-order valence-corrected chi connectivity index (χ3v) is 4.79. The second kappa shape index (κ2) is 7.72. The molecule has 0 saturated carbocycles. The van der Waals surface area contributed by atoms with Gasteiger partial charge in [0.1, 0.15) is 11.6 Å². The first-order valence-corrected chi connectivity index (χ1v) is 9.02. The van der Waals surface area contributed by atoms with E-state index in [1.165, 1.54) is 18.2 Å². The summed E-state index contributed by atoms with van der Waals surface area (Å²) in [5.74, 6) is -0.321. The lowest BCUT2D eigenvalue weighted by molar-refractivity contribution is 0.432. The van der Waals surface area contributed by atoms with Crippen molar-refractivity contribution in [1.82, 2.24) is 10.1 Å². The number of nitrogens with zero attached hydrogens (tertiary/aromatic N) is 2. The average Bonchev–Trinajstić information content (AvgIpc) is 3.23. The van der Waals surface area contributed by atoms with Crippen molar-refractivity contribution in [2.24, 2.45) is 0 Å². The van der Waals surface area contributed by atoms with E-state index in [2.05, 4.69) is 10.1 Å². The van der Waals surface area contributed by atoms with Gasteiger partial charge in [0.25, 0.3) is 0 Å². The first-order chi connectivity index (χ1) is 13.6. The van der Waals surface area contributed by atoms with Crippen LogP contribution in [0.25, 0.3) is 22.6 Å². The summed E-state index contributed by atoms with van der Waals surface area (Å²) in [6.45, 7) is 2.02. The summed E-state index contributed by atoms with van der Waals surface area (Å²) < 4.78 is 32.8. The van der Waals surface area contributed by atoms with Crippen molar-refractivity contribution in [1.29, 1.82) is 0 Å². The number of aromatic nitrogens is 2. The van der Waals surface area contributed by atoms with E-state index in [-0.39, 0.29) is 5.56 Å². The Bertz CT molecular complexity index is 1070. The van der Waals surface area contributed by atoms with Gasteiger partial charge in [-0.15, -0.1) is 0 Å². The standard InChI is InChI=1S/C23H18F2N2O/c1-15-5-8-17(23-11-12-27-28-23)13-19(15)22-10-7-16(14-26-22)6-9-18-20(24)3-2-4-21(18)25/h2-5,7-8,10-14H,6,9H2,1H3. The van der Waals surface area contributed by atoms with Gasteiger partial charge >= 0.3 is 0 Å². The number of aryl methyl sites for hydroxylation is 2. The molecule has 0 aliphatic rings. The first kappa shape index (κ1) is 18.0. The molecule has 2 heterocycles. The predicted molar refractivity (Wildman–Crippen MR) is 104 cm³/mol. The molecular weight excluding hydrogens is 358 g/mol. The van der Waals surface area contributed by atoms with Crippen molar-refractivity contribution in [2.75, 3.05) is 0 Å². The topological polar surface area (TPSA) is 38.9 Å². The molecule has 0 amide bonds. The van der Waals surface area contributed by atoms with E-state index in [0.717, 1.165) is 27.9 Å². The van der Waals surface area contributed by atoms with Gasteiger partial charge < -0.3 is 4.52 Å². The maximum Gasteiger partial charge on any atom is 0.166 e. The molecule has 5 heteroatoms. The first-order valence-electron chi connectivity index (χ1n) is 9.02. The van der Waals surface area contributed by atoms with Crippen molar-refractivity contribution in [2.45, 2.75) is 19.8 Å². The zero-order valence-electron chi connectivity index (χ0n) is 15.3. The minimum atomic E-state index is -0.510. The van der Waals surface area contributed by atoms with Crippen LogP contribution in [-0.4, -0.2) is 10.1 Å². The van der Waals surface area contributed by atoms with Crippen LogP contribution in [0.5, 0.6) is 0 Å². The van der Waals surface area contributed by atoms with Crippen LogP contribution in [0, 0.1) is 18.6 Å². The Labute approximate surface area is 161 Å². The zero-order valence-corrected chi connectivity index (χ0v) is 15.3. The van der Waals surface area contributed by atoms with E-state index >= 15 is 0 Å². The monoisotopic (exact) mass is 376 g/mol. The van der Waals surface area contributed by atoms with Crippen LogP contribution in [0.3, 0.4) is 0 Å². The van der Waals surface area contributed by atoms with Gasteiger partial charge in [-0.3, -0.25) is 4.98 Å². The predicted octanol–water partition coefficient (Wildman–Crippen LogP) is 5.78. The van der Waals surface area contributed by atoms with Crippen molar-refractivity contribution in [3.05, 3.63) is 95.3 Å². The summed E-state index contributed by atoms with van der Waals surface area (Å²) in [7, 11) is 0. The third kappa shape index (κ3) is 3.69. The van der Waals surface area contributed by atoms with Crippen LogP contribution in [0.15, 0.2) is 71.5 Å². The Morgan fingerprint density at radius 1 is 0.929 bits per heavy atom. The van der Waals surface area contributed by atoms with E-state index in [1.807, 2.05) is 43.3 Å². The molecule has 0 spiro atoms. The highest BCUT2D eigenvalue weighted by Crippen LogP contribution is 2.28. The normalized spacial score (nSPS) is 11.0. The summed E-state index contributed by atoms with van der Waals surface area (Å²) >= 11 is 0. The summed E-state index contributed by atoms with van der Waals surface area (Å²) in [5.41, 5.74) is 4.90. The number of halogens is 2. The second-order valence-corrected chi connectivity index (χ2v) is 6.66. The van der Waals surface area contributed by atoms with Gasteiger partial charge in [0.05, 0.1) is 11.9 Å². The Morgan fingerprint density at radius 3 is 2.43 bits per heavy atom. The summed E-state index contributed by atoms with van der Waals surface area (Å²) in [6, 6.07) is 15.6. The molecule has 2 aromatic carbocycles. The van der Waals surface area contributed by atoms with Crippen molar-refractivity contribution in [3.63, 3.8) is 0 Å². The molecule has 0 aliphatic carbocycles. The number of pyridine rings is 1. The Hall–Kier alpha value is -3.34. The summed E-state index contributed by atoms with van der Waals surface area (Å²) in [4.78, 5) is 4.56. The smallest absolute Gasteiger partial charge is 0.166 e. The molecule has 0 unspecified atom stereocenters. The molecule has 0 N–H and O–H groups in total. The second-order valence-electron chi connectivity index (χ2n) is 6.66. The van der Waals surface area contributed by atoms with Crippen LogP contribution in [0.2, 0.25) is 0 Å². The third-order valence-electron chi connectivity index (χ3n) is 4.79. The van der Waals surface area contributed by atoms with E-state index in [4.69, 9.17) is 4.52 Å². The number of benzene rings is 2. The maximum absolute atomic E-state index is 13.8. The molecule has 0 fully saturated rings. The number of rotatable bonds is 5. The highest BCUT2D eigenvalue weighted by Gasteiger charge is 2.10. The van der Waals surface area contributed by atoms with Gasteiger partial charge in [-0.1, -0.05) is 29.4 Å². The Kier molecular flexibility index (Phi) is 4.98. The maximum atomic E-state index is 13.8. The molecule has 2 aromatic heterocycles. The molecule has 28 heavy (non-hydrogen) atoms. The molecule has 0 radical (unpaired) electrons. The molecule has 0 bridgehead atoms. The van der Waals surface area contributed by atoms with Crippen molar-refractivity contribution < 1.29 is 13.3 Å². The highest BCUT2D eigenvalue weighted by molar-refractivity contribution is 5.71. The Balaban J connectivity index is 1.54. The zero-order chi connectivity index (χ0) is 19.5. The quantitative estimate of drug-likeness (QED) is 0.443. The van der Waals surface area contributed by atoms with E-state index in [0.29, 0.717) is 18.6 Å². The van der Waals surface area contributed by atoms with Gasteiger partial charge in [0, 0.05) is 29.0 Å². The minimum Gasteiger partial charge on any atom is -0.356 e. The number of hydrogen-bond acceptors (Lipinski definition) is 3. The van der Waals surface area contributed by atoms with E-state index < -0.39 is 11.6 Å². The number of hydrogen-bond donors (Lipinski definition) is 0. The molecule has 0 saturated heterocycles. The van der Waals surface area contributed by atoms with Crippen LogP contribution >= 0.6 is 0 Å². The SMILES string of the molecule is Cc1ccc(-c2ccno2)cc1-c1ccc(CCc2c(F)cccc2F)cn1. The van der Waals surface area contributed by atoms with Crippen LogP contribution < -0.4 is 0 Å². The molecule has 0 aliphatic heterocycles. The van der Waals surface area contributed by atoms with Gasteiger partial charge in [-0.05, 0) is 55.2 Å². The van der Waals surface area contributed by atoms with Gasteiger partial charge in [0.15, 0.2) is 5.76 Å². The van der Waals surface area contributed by atoms with Crippen molar-refractivity contribution >= 4 is 0 Å². The summed E-state index contributed by atoms with van der Waals surface area (Å²) in [6.07, 6.45) is 4.18. The lowest BCUT2D eigenvalue weighted by atomic mass is 9.99. The molecule has 3 nitrogen and oxygen atoms in total. The van der Waals surface area contributed by atoms with Crippen LogP contribution in [-0.2, 0) is 12.8 Å². The molecule has 140 valence electrons. The fourth-order valence-electron chi connectivity index (χ4n) is 3.19.